The Bertz CT molecular complexity index is 412. The average molecular weight is 244 g/mol. The van der Waals surface area contributed by atoms with E-state index >= 15 is 0 Å². The van der Waals surface area contributed by atoms with Gasteiger partial charge in [0.1, 0.15) is 0 Å². The SMILES string of the molecule is Nc1ccccc1[As]c1ccccc1. The van der Waals surface area contributed by atoms with Gasteiger partial charge in [0.05, 0.1) is 0 Å². The fraction of sp³-hybridized carbons (Fsp3) is 0. The van der Waals surface area contributed by atoms with E-state index < -0.39 is 0 Å². The molecule has 69 valence electrons. The maximum atomic E-state index is 5.89. The summed E-state index contributed by atoms with van der Waals surface area (Å²) in [6.07, 6.45) is 0. The van der Waals surface area contributed by atoms with Gasteiger partial charge in [0.25, 0.3) is 0 Å². The molecule has 0 saturated carbocycles. The van der Waals surface area contributed by atoms with Crippen LogP contribution in [-0.2, 0) is 0 Å². The molecule has 0 aliphatic carbocycles. The molecular formula is C12H11AsN. The quantitative estimate of drug-likeness (QED) is 0.617. The van der Waals surface area contributed by atoms with E-state index in [4.69, 9.17) is 5.73 Å². The summed E-state index contributed by atoms with van der Waals surface area (Å²) in [5.74, 6) is 0. The Morgan fingerprint density at radius 1 is 0.786 bits per heavy atom. The fourth-order valence-corrected chi connectivity index (χ4v) is 3.25. The van der Waals surface area contributed by atoms with Crippen LogP contribution in [-0.4, -0.2) is 15.8 Å². The Balaban J connectivity index is 2.24. The summed E-state index contributed by atoms with van der Waals surface area (Å²) in [5, 5.41) is 0. The monoisotopic (exact) mass is 244 g/mol. The van der Waals surface area contributed by atoms with Crippen LogP contribution < -0.4 is 14.4 Å². The van der Waals surface area contributed by atoms with Crippen LogP contribution in [0, 0.1) is 0 Å². The predicted octanol–water partition coefficient (Wildman–Crippen LogP) is 0.924. The second kappa shape index (κ2) is 4.34. The second-order valence-electron chi connectivity index (χ2n) is 3.01. The van der Waals surface area contributed by atoms with Crippen LogP contribution in [0.1, 0.15) is 0 Å². The third kappa shape index (κ3) is 2.18. The van der Waals surface area contributed by atoms with E-state index in [9.17, 15) is 0 Å². The number of nitrogen functional groups attached to an aromatic ring is 1. The molecule has 2 heteroatoms. The summed E-state index contributed by atoms with van der Waals surface area (Å²) in [6.45, 7) is 0. The van der Waals surface area contributed by atoms with Gasteiger partial charge in [-0.3, -0.25) is 0 Å². The van der Waals surface area contributed by atoms with Crippen molar-refractivity contribution >= 4 is 30.1 Å². The standard InChI is InChI=1S/C12H11AsN/c14-12-9-5-4-8-11(12)13-10-6-2-1-3-7-10/h1-9H,14H2. The molecule has 1 nitrogen and oxygen atoms in total. The van der Waals surface area contributed by atoms with Gasteiger partial charge < -0.3 is 0 Å². The number of hydrogen-bond acceptors (Lipinski definition) is 1. The van der Waals surface area contributed by atoms with E-state index in [1.165, 1.54) is 8.70 Å². The van der Waals surface area contributed by atoms with E-state index in [2.05, 4.69) is 30.3 Å². The zero-order valence-corrected chi connectivity index (χ0v) is 9.60. The molecule has 0 saturated heterocycles. The average Bonchev–Trinajstić information content (AvgIpc) is 2.23. The topological polar surface area (TPSA) is 26.0 Å². The van der Waals surface area contributed by atoms with E-state index in [-0.39, 0.29) is 15.8 Å². The summed E-state index contributed by atoms with van der Waals surface area (Å²) in [5.41, 5.74) is 6.81. The van der Waals surface area contributed by atoms with Gasteiger partial charge in [0.15, 0.2) is 0 Å². The fourth-order valence-electron chi connectivity index (χ4n) is 1.23. The predicted molar refractivity (Wildman–Crippen MR) is 62.3 cm³/mol. The van der Waals surface area contributed by atoms with Gasteiger partial charge in [-0.1, -0.05) is 0 Å². The first kappa shape index (κ1) is 9.36. The van der Waals surface area contributed by atoms with Crippen molar-refractivity contribution in [2.75, 3.05) is 5.73 Å². The molecule has 1 radical (unpaired) electrons. The van der Waals surface area contributed by atoms with Gasteiger partial charge in [-0.2, -0.15) is 0 Å². The van der Waals surface area contributed by atoms with Crippen LogP contribution in [0.2, 0.25) is 0 Å². The van der Waals surface area contributed by atoms with Crippen LogP contribution in [0.4, 0.5) is 5.69 Å². The van der Waals surface area contributed by atoms with Crippen molar-refractivity contribution in [3.63, 3.8) is 0 Å². The number of benzene rings is 2. The molecule has 2 aromatic carbocycles. The number of hydrogen-bond donors (Lipinski definition) is 1. The Labute approximate surface area is 90.6 Å². The molecule has 0 amide bonds. The minimum absolute atomic E-state index is 0.0339. The summed E-state index contributed by atoms with van der Waals surface area (Å²) < 4.78 is 2.68. The van der Waals surface area contributed by atoms with Crippen molar-refractivity contribution in [3.8, 4) is 0 Å². The molecule has 2 aromatic rings. The molecule has 0 bridgehead atoms. The van der Waals surface area contributed by atoms with Crippen molar-refractivity contribution in [1.29, 1.82) is 0 Å². The Morgan fingerprint density at radius 2 is 1.43 bits per heavy atom. The van der Waals surface area contributed by atoms with Crippen LogP contribution in [0.3, 0.4) is 0 Å². The van der Waals surface area contributed by atoms with Gasteiger partial charge in [0.2, 0.25) is 0 Å². The normalized spacial score (nSPS) is 10.9. The number of anilines is 1. The third-order valence-corrected chi connectivity index (χ3v) is 4.47. The van der Waals surface area contributed by atoms with E-state index in [1.807, 2.05) is 24.3 Å². The number of para-hydroxylation sites is 1. The van der Waals surface area contributed by atoms with E-state index in [1.54, 1.807) is 0 Å². The van der Waals surface area contributed by atoms with Crippen molar-refractivity contribution in [3.05, 3.63) is 54.6 Å². The molecule has 0 fully saturated rings. The molecular weight excluding hydrogens is 233 g/mol. The zero-order valence-electron chi connectivity index (χ0n) is 7.72. The third-order valence-electron chi connectivity index (χ3n) is 1.94. The Kier molecular flexibility index (Phi) is 2.90. The van der Waals surface area contributed by atoms with Crippen LogP contribution in [0.5, 0.6) is 0 Å². The number of nitrogens with two attached hydrogens (primary N) is 1. The summed E-state index contributed by atoms with van der Waals surface area (Å²) >= 11 is 0.0339. The summed E-state index contributed by atoms with van der Waals surface area (Å²) in [6, 6.07) is 18.6. The molecule has 0 aliphatic rings. The molecule has 0 aromatic heterocycles. The molecule has 0 aliphatic heterocycles. The van der Waals surface area contributed by atoms with Crippen molar-refractivity contribution < 1.29 is 0 Å². The first-order chi connectivity index (χ1) is 6.86. The van der Waals surface area contributed by atoms with Crippen molar-refractivity contribution in [2.45, 2.75) is 0 Å². The molecule has 2 N–H and O–H groups in total. The molecule has 0 heterocycles. The van der Waals surface area contributed by atoms with Crippen molar-refractivity contribution in [1.82, 2.24) is 0 Å². The van der Waals surface area contributed by atoms with E-state index in [0.717, 1.165) is 5.69 Å². The first-order valence-corrected chi connectivity index (χ1v) is 6.35. The van der Waals surface area contributed by atoms with Gasteiger partial charge >= 0.3 is 90.5 Å². The van der Waals surface area contributed by atoms with Gasteiger partial charge in [-0.25, -0.2) is 0 Å². The van der Waals surface area contributed by atoms with Crippen molar-refractivity contribution in [2.24, 2.45) is 0 Å². The second-order valence-corrected chi connectivity index (χ2v) is 5.57. The molecule has 14 heavy (non-hydrogen) atoms. The zero-order chi connectivity index (χ0) is 9.80. The first-order valence-electron chi connectivity index (χ1n) is 4.47. The Morgan fingerprint density at radius 3 is 2.14 bits per heavy atom. The molecule has 0 spiro atoms. The van der Waals surface area contributed by atoms with Gasteiger partial charge in [-0.15, -0.1) is 0 Å². The minimum atomic E-state index is 0.0339. The van der Waals surface area contributed by atoms with Crippen LogP contribution in [0.25, 0.3) is 0 Å². The molecule has 0 atom stereocenters. The van der Waals surface area contributed by atoms with Crippen LogP contribution >= 0.6 is 0 Å². The number of rotatable bonds is 2. The molecule has 2 rings (SSSR count). The van der Waals surface area contributed by atoms with Gasteiger partial charge in [-0.05, 0) is 0 Å². The van der Waals surface area contributed by atoms with Gasteiger partial charge in [0, 0.05) is 0 Å². The molecule has 0 unspecified atom stereocenters. The summed E-state index contributed by atoms with van der Waals surface area (Å²) in [4.78, 5) is 0. The maximum absolute atomic E-state index is 5.89. The summed E-state index contributed by atoms with van der Waals surface area (Å²) in [7, 11) is 0. The Hall–Kier alpha value is -1.20. The van der Waals surface area contributed by atoms with E-state index in [0.29, 0.717) is 0 Å². The van der Waals surface area contributed by atoms with Crippen LogP contribution in [0.15, 0.2) is 54.6 Å².